The second-order valence-electron chi connectivity index (χ2n) is 4.87. The molecule has 0 bridgehead atoms. The molecule has 1 atom stereocenters. The van der Waals surface area contributed by atoms with Gasteiger partial charge in [0.1, 0.15) is 5.82 Å². The summed E-state index contributed by atoms with van der Waals surface area (Å²) in [5.74, 6) is 1.34. The van der Waals surface area contributed by atoms with Crippen molar-refractivity contribution in [1.29, 1.82) is 0 Å². The molecule has 0 saturated carbocycles. The van der Waals surface area contributed by atoms with Gasteiger partial charge in [0, 0.05) is 24.5 Å². The van der Waals surface area contributed by atoms with Crippen LogP contribution in [0.1, 0.15) is 29.9 Å². The van der Waals surface area contributed by atoms with E-state index in [1.807, 2.05) is 42.9 Å². The molecule has 20 heavy (non-hydrogen) atoms. The number of hydrogen-bond donors (Lipinski definition) is 0. The van der Waals surface area contributed by atoms with Crippen LogP contribution in [0.2, 0.25) is 0 Å². The van der Waals surface area contributed by atoms with E-state index in [1.165, 1.54) is 5.56 Å². The van der Waals surface area contributed by atoms with Crippen LogP contribution in [-0.4, -0.2) is 14.5 Å². The second kappa shape index (κ2) is 5.70. The minimum Gasteiger partial charge on any atom is -0.328 e. The van der Waals surface area contributed by atoms with Gasteiger partial charge in [-0.3, -0.25) is 4.98 Å². The van der Waals surface area contributed by atoms with E-state index in [9.17, 15) is 0 Å². The maximum absolute atomic E-state index is 4.52. The normalized spacial score (nSPS) is 12.2. The van der Waals surface area contributed by atoms with Crippen molar-refractivity contribution in [3.05, 3.63) is 84.2 Å². The van der Waals surface area contributed by atoms with E-state index in [2.05, 4.69) is 45.7 Å². The Hall–Kier alpha value is -2.42. The van der Waals surface area contributed by atoms with Crippen molar-refractivity contribution >= 4 is 0 Å². The van der Waals surface area contributed by atoms with Gasteiger partial charge in [-0.1, -0.05) is 43.3 Å². The van der Waals surface area contributed by atoms with E-state index in [0.717, 1.165) is 18.1 Å². The highest BCUT2D eigenvalue weighted by atomic mass is 15.1. The third-order valence-corrected chi connectivity index (χ3v) is 3.49. The Morgan fingerprint density at radius 3 is 2.50 bits per heavy atom. The highest BCUT2D eigenvalue weighted by molar-refractivity contribution is 5.25. The molecule has 0 unspecified atom stereocenters. The van der Waals surface area contributed by atoms with Crippen LogP contribution < -0.4 is 0 Å². The molecule has 0 saturated heterocycles. The van der Waals surface area contributed by atoms with Crippen LogP contribution in [0.3, 0.4) is 0 Å². The summed E-state index contributed by atoms with van der Waals surface area (Å²) in [6, 6.07) is 16.4. The molecule has 0 fully saturated rings. The molecule has 3 heteroatoms. The average Bonchev–Trinajstić information content (AvgIpc) is 2.96. The maximum atomic E-state index is 4.52. The maximum Gasteiger partial charge on any atom is 0.116 e. The first kappa shape index (κ1) is 12.6. The average molecular weight is 263 g/mol. The van der Waals surface area contributed by atoms with E-state index >= 15 is 0 Å². The van der Waals surface area contributed by atoms with Gasteiger partial charge in [-0.05, 0) is 17.7 Å². The van der Waals surface area contributed by atoms with Crippen LogP contribution in [0.5, 0.6) is 0 Å². The fourth-order valence-electron chi connectivity index (χ4n) is 2.39. The molecule has 3 nitrogen and oxygen atoms in total. The van der Waals surface area contributed by atoms with E-state index in [0.29, 0.717) is 0 Å². The molecule has 0 aliphatic rings. The molecule has 0 spiro atoms. The SMILES string of the molecule is C[C@H](c1ccccc1)c1nccn1Cc1ccccn1. The monoisotopic (exact) mass is 263 g/mol. The fraction of sp³-hybridized carbons (Fsp3) is 0.176. The van der Waals surface area contributed by atoms with Crippen LogP contribution in [-0.2, 0) is 6.54 Å². The Kier molecular flexibility index (Phi) is 3.59. The van der Waals surface area contributed by atoms with Crippen molar-refractivity contribution in [2.45, 2.75) is 19.4 Å². The van der Waals surface area contributed by atoms with E-state index in [-0.39, 0.29) is 5.92 Å². The number of pyridine rings is 1. The summed E-state index contributed by atoms with van der Waals surface area (Å²) in [6.45, 7) is 2.94. The quantitative estimate of drug-likeness (QED) is 0.721. The number of benzene rings is 1. The summed E-state index contributed by atoms with van der Waals surface area (Å²) >= 11 is 0. The smallest absolute Gasteiger partial charge is 0.116 e. The van der Waals surface area contributed by atoms with Crippen LogP contribution in [0.25, 0.3) is 0 Å². The molecule has 3 rings (SSSR count). The zero-order valence-corrected chi connectivity index (χ0v) is 11.5. The Labute approximate surface area is 118 Å². The van der Waals surface area contributed by atoms with Crippen LogP contribution in [0.15, 0.2) is 67.1 Å². The van der Waals surface area contributed by atoms with Gasteiger partial charge in [0.25, 0.3) is 0 Å². The van der Waals surface area contributed by atoms with Crippen molar-refractivity contribution < 1.29 is 0 Å². The summed E-state index contributed by atoms with van der Waals surface area (Å²) in [4.78, 5) is 8.90. The molecule has 0 aliphatic carbocycles. The highest BCUT2D eigenvalue weighted by Crippen LogP contribution is 2.22. The van der Waals surface area contributed by atoms with Gasteiger partial charge in [-0.2, -0.15) is 0 Å². The number of imidazole rings is 1. The summed E-state index contributed by atoms with van der Waals surface area (Å²) in [6.07, 6.45) is 5.70. The minimum atomic E-state index is 0.273. The van der Waals surface area contributed by atoms with Crippen LogP contribution in [0.4, 0.5) is 0 Å². The van der Waals surface area contributed by atoms with Crippen LogP contribution >= 0.6 is 0 Å². The van der Waals surface area contributed by atoms with Crippen molar-refractivity contribution in [3.8, 4) is 0 Å². The molecule has 0 amide bonds. The predicted molar refractivity (Wildman–Crippen MR) is 79.5 cm³/mol. The molecule has 0 radical (unpaired) electrons. The standard InChI is InChI=1S/C17H17N3/c1-14(15-7-3-2-4-8-15)17-19-11-12-20(17)13-16-9-5-6-10-18-16/h2-12,14H,13H2,1H3/t14-/m1/s1. The molecule has 0 aliphatic heterocycles. The van der Waals surface area contributed by atoms with Gasteiger partial charge < -0.3 is 4.57 Å². The van der Waals surface area contributed by atoms with Gasteiger partial charge in [0.05, 0.1) is 12.2 Å². The van der Waals surface area contributed by atoms with Crippen molar-refractivity contribution in [3.63, 3.8) is 0 Å². The molecule has 2 heterocycles. The second-order valence-corrected chi connectivity index (χ2v) is 4.87. The number of nitrogens with zero attached hydrogens (tertiary/aromatic N) is 3. The van der Waals surface area contributed by atoms with E-state index < -0.39 is 0 Å². The van der Waals surface area contributed by atoms with Gasteiger partial charge in [0.15, 0.2) is 0 Å². The first-order valence-corrected chi connectivity index (χ1v) is 6.80. The number of rotatable bonds is 4. The minimum absolute atomic E-state index is 0.273. The first-order valence-electron chi connectivity index (χ1n) is 6.80. The van der Waals surface area contributed by atoms with Gasteiger partial charge >= 0.3 is 0 Å². The topological polar surface area (TPSA) is 30.7 Å². The molecular weight excluding hydrogens is 246 g/mol. The van der Waals surface area contributed by atoms with Crippen molar-refractivity contribution in [2.75, 3.05) is 0 Å². The van der Waals surface area contributed by atoms with Gasteiger partial charge in [-0.15, -0.1) is 0 Å². The third-order valence-electron chi connectivity index (χ3n) is 3.49. The Bertz CT molecular complexity index is 659. The summed E-state index contributed by atoms with van der Waals surface area (Å²) < 4.78 is 2.17. The fourth-order valence-corrected chi connectivity index (χ4v) is 2.39. The molecule has 3 aromatic rings. The van der Waals surface area contributed by atoms with Crippen LogP contribution in [0, 0.1) is 0 Å². The zero-order chi connectivity index (χ0) is 13.8. The highest BCUT2D eigenvalue weighted by Gasteiger charge is 2.14. The molecular formula is C17H17N3. The van der Waals surface area contributed by atoms with E-state index in [4.69, 9.17) is 0 Å². The lowest BCUT2D eigenvalue weighted by molar-refractivity contribution is 0.679. The van der Waals surface area contributed by atoms with Crippen molar-refractivity contribution in [2.24, 2.45) is 0 Å². The molecule has 2 aromatic heterocycles. The lowest BCUT2D eigenvalue weighted by Gasteiger charge is -2.14. The first-order chi connectivity index (χ1) is 9.84. The number of hydrogen-bond acceptors (Lipinski definition) is 2. The Morgan fingerprint density at radius 2 is 1.75 bits per heavy atom. The summed E-state index contributed by atoms with van der Waals surface area (Å²) in [5.41, 5.74) is 2.33. The molecule has 0 N–H and O–H groups in total. The van der Waals surface area contributed by atoms with E-state index in [1.54, 1.807) is 0 Å². The van der Waals surface area contributed by atoms with Crippen molar-refractivity contribution in [1.82, 2.24) is 14.5 Å². The Morgan fingerprint density at radius 1 is 0.950 bits per heavy atom. The van der Waals surface area contributed by atoms with Gasteiger partial charge in [-0.25, -0.2) is 4.98 Å². The molecule has 1 aromatic carbocycles. The molecule has 100 valence electrons. The zero-order valence-electron chi connectivity index (χ0n) is 11.5. The lowest BCUT2D eigenvalue weighted by atomic mass is 10.0. The number of aromatic nitrogens is 3. The summed E-state index contributed by atoms with van der Waals surface area (Å²) in [7, 11) is 0. The van der Waals surface area contributed by atoms with Gasteiger partial charge in [0.2, 0.25) is 0 Å². The summed E-state index contributed by atoms with van der Waals surface area (Å²) in [5, 5.41) is 0. The predicted octanol–water partition coefficient (Wildman–Crippen LogP) is 3.48. The largest absolute Gasteiger partial charge is 0.328 e. The third kappa shape index (κ3) is 2.62. The Balaban J connectivity index is 1.87. The lowest BCUT2D eigenvalue weighted by Crippen LogP contribution is -2.09.